The summed E-state index contributed by atoms with van der Waals surface area (Å²) in [6.07, 6.45) is 9.56. The summed E-state index contributed by atoms with van der Waals surface area (Å²) in [5.74, 6) is -0.763. The number of hydrazone groups is 2. The zero-order chi connectivity index (χ0) is 19.6. The molecule has 0 atom stereocenters. The van der Waals surface area contributed by atoms with Gasteiger partial charge in [-0.3, -0.25) is 19.6 Å². The number of nitrogens with zero attached hydrogens (tertiary/aromatic N) is 4. The molecule has 3 aromatic rings. The second kappa shape index (κ2) is 9.48. The molecule has 138 valence electrons. The molecule has 0 fully saturated rings. The van der Waals surface area contributed by atoms with Crippen molar-refractivity contribution in [1.29, 1.82) is 0 Å². The number of aromatic nitrogens is 2. The Labute approximate surface area is 161 Å². The number of nitrogens with one attached hydrogen (secondary N) is 2. The Balaban J connectivity index is 1.53. The van der Waals surface area contributed by atoms with Crippen molar-refractivity contribution in [2.75, 3.05) is 0 Å². The standard InChI is InChI=1S/C20H16N6O2/c27-19(25-23-13-15-5-9-21-10-6-15)17-1-2-18(4-3-17)20(28)26-24-14-16-7-11-22-12-8-16/h1-14H,(H,25,27)(H,26,28)/b23-13-,24-14-. The lowest BCUT2D eigenvalue weighted by Gasteiger charge is -2.02. The number of amides is 2. The van der Waals surface area contributed by atoms with Crippen molar-refractivity contribution < 1.29 is 9.59 Å². The Bertz CT molecular complexity index is 904. The zero-order valence-electron chi connectivity index (χ0n) is 14.7. The SMILES string of the molecule is O=C(N/N=C\c1ccncc1)c1ccc(C(=O)N/N=C\c2ccncc2)cc1. The molecule has 2 N–H and O–H groups in total. The Morgan fingerprint density at radius 2 is 1.00 bits per heavy atom. The highest BCUT2D eigenvalue weighted by Crippen LogP contribution is 2.05. The molecular weight excluding hydrogens is 356 g/mol. The van der Waals surface area contributed by atoms with Crippen molar-refractivity contribution in [1.82, 2.24) is 20.8 Å². The van der Waals surface area contributed by atoms with Crippen LogP contribution in [0, 0.1) is 0 Å². The lowest BCUT2D eigenvalue weighted by atomic mass is 10.1. The van der Waals surface area contributed by atoms with Gasteiger partial charge >= 0.3 is 0 Å². The summed E-state index contributed by atoms with van der Waals surface area (Å²) in [4.78, 5) is 32.0. The van der Waals surface area contributed by atoms with Gasteiger partial charge in [0.2, 0.25) is 0 Å². The van der Waals surface area contributed by atoms with Crippen molar-refractivity contribution in [3.8, 4) is 0 Å². The molecule has 2 heterocycles. The van der Waals surface area contributed by atoms with Crippen LogP contribution in [-0.4, -0.2) is 34.2 Å². The Morgan fingerprint density at radius 3 is 1.36 bits per heavy atom. The summed E-state index contributed by atoms with van der Waals surface area (Å²) in [5, 5.41) is 7.78. The zero-order valence-corrected chi connectivity index (χ0v) is 14.7. The van der Waals surface area contributed by atoms with Crippen LogP contribution in [0.15, 0.2) is 83.5 Å². The molecule has 0 saturated carbocycles. The third-order valence-corrected chi connectivity index (χ3v) is 3.58. The van der Waals surface area contributed by atoms with Crippen LogP contribution in [0.1, 0.15) is 31.8 Å². The normalized spacial score (nSPS) is 10.9. The van der Waals surface area contributed by atoms with E-state index in [1.807, 2.05) is 0 Å². The van der Waals surface area contributed by atoms with E-state index >= 15 is 0 Å². The first-order valence-electron chi connectivity index (χ1n) is 8.29. The lowest BCUT2D eigenvalue weighted by molar-refractivity contribution is 0.0943. The molecule has 0 spiro atoms. The van der Waals surface area contributed by atoms with Crippen molar-refractivity contribution in [3.63, 3.8) is 0 Å². The first-order chi connectivity index (χ1) is 13.7. The predicted molar refractivity (Wildman–Crippen MR) is 105 cm³/mol. The Kier molecular flexibility index (Phi) is 6.30. The van der Waals surface area contributed by atoms with E-state index in [9.17, 15) is 9.59 Å². The number of carbonyl (C=O) groups excluding carboxylic acids is 2. The maximum atomic E-state index is 12.1. The van der Waals surface area contributed by atoms with Crippen molar-refractivity contribution >= 4 is 24.2 Å². The van der Waals surface area contributed by atoms with Crippen LogP contribution in [0.3, 0.4) is 0 Å². The molecule has 0 radical (unpaired) electrons. The summed E-state index contributed by atoms with van der Waals surface area (Å²) in [5.41, 5.74) is 7.24. The van der Waals surface area contributed by atoms with Crippen LogP contribution in [0.2, 0.25) is 0 Å². The summed E-state index contributed by atoms with van der Waals surface area (Å²) < 4.78 is 0. The smallest absolute Gasteiger partial charge is 0.267 e. The van der Waals surface area contributed by atoms with Gasteiger partial charge in [0, 0.05) is 35.9 Å². The first-order valence-corrected chi connectivity index (χ1v) is 8.29. The molecular formula is C20H16N6O2. The van der Waals surface area contributed by atoms with Gasteiger partial charge in [-0.15, -0.1) is 0 Å². The largest absolute Gasteiger partial charge is 0.271 e. The molecule has 0 bridgehead atoms. The van der Waals surface area contributed by atoms with Crippen LogP contribution >= 0.6 is 0 Å². The number of carbonyl (C=O) groups is 2. The highest BCUT2D eigenvalue weighted by Gasteiger charge is 2.07. The number of rotatable bonds is 6. The Hall–Kier alpha value is -4.20. The predicted octanol–water partition coefficient (Wildman–Crippen LogP) is 2.00. The summed E-state index contributed by atoms with van der Waals surface area (Å²) >= 11 is 0. The van der Waals surface area contributed by atoms with Crippen molar-refractivity contribution in [3.05, 3.63) is 95.6 Å². The van der Waals surface area contributed by atoms with E-state index in [0.717, 1.165) is 11.1 Å². The number of hydrogen-bond donors (Lipinski definition) is 2. The molecule has 8 heteroatoms. The molecule has 0 saturated heterocycles. The molecule has 3 rings (SSSR count). The molecule has 8 nitrogen and oxygen atoms in total. The van der Waals surface area contributed by atoms with Crippen molar-refractivity contribution in [2.45, 2.75) is 0 Å². The average molecular weight is 372 g/mol. The fourth-order valence-corrected chi connectivity index (χ4v) is 2.13. The summed E-state index contributed by atoms with van der Waals surface area (Å²) in [6.45, 7) is 0. The second-order valence-electron chi connectivity index (χ2n) is 5.54. The monoisotopic (exact) mass is 372 g/mol. The van der Waals surface area contributed by atoms with E-state index in [1.54, 1.807) is 73.3 Å². The van der Waals surface area contributed by atoms with Crippen molar-refractivity contribution in [2.24, 2.45) is 10.2 Å². The second-order valence-corrected chi connectivity index (χ2v) is 5.54. The van der Waals surface area contributed by atoms with Gasteiger partial charge in [0.1, 0.15) is 0 Å². The van der Waals surface area contributed by atoms with E-state index < -0.39 is 0 Å². The Morgan fingerprint density at radius 1 is 0.643 bits per heavy atom. The molecule has 2 aromatic heterocycles. The van der Waals surface area contributed by atoms with Crippen LogP contribution in [0.4, 0.5) is 0 Å². The summed E-state index contributed by atoms with van der Waals surface area (Å²) in [6, 6.07) is 13.2. The minimum Gasteiger partial charge on any atom is -0.267 e. The van der Waals surface area contributed by atoms with Gasteiger partial charge in [0.05, 0.1) is 12.4 Å². The van der Waals surface area contributed by atoms with E-state index in [-0.39, 0.29) is 11.8 Å². The molecule has 28 heavy (non-hydrogen) atoms. The fourth-order valence-electron chi connectivity index (χ4n) is 2.13. The molecule has 0 aliphatic heterocycles. The average Bonchev–Trinajstić information content (AvgIpc) is 2.75. The number of pyridine rings is 2. The van der Waals surface area contributed by atoms with Gasteiger partial charge in [0.25, 0.3) is 11.8 Å². The minimum absolute atomic E-state index is 0.378. The summed E-state index contributed by atoms with van der Waals surface area (Å²) in [7, 11) is 0. The number of benzene rings is 1. The molecule has 0 unspecified atom stereocenters. The van der Waals surface area contributed by atoms with E-state index in [2.05, 4.69) is 31.0 Å². The van der Waals surface area contributed by atoms with Crippen LogP contribution in [0.25, 0.3) is 0 Å². The fraction of sp³-hybridized carbons (Fsp3) is 0. The van der Waals surface area contributed by atoms with Gasteiger partial charge < -0.3 is 0 Å². The lowest BCUT2D eigenvalue weighted by Crippen LogP contribution is -2.19. The quantitative estimate of drug-likeness (QED) is 0.509. The maximum absolute atomic E-state index is 12.1. The van der Waals surface area contributed by atoms with Gasteiger partial charge in [-0.25, -0.2) is 10.9 Å². The topological polar surface area (TPSA) is 109 Å². The van der Waals surface area contributed by atoms with Crippen LogP contribution < -0.4 is 10.9 Å². The third kappa shape index (κ3) is 5.40. The minimum atomic E-state index is -0.382. The number of hydrogen-bond acceptors (Lipinski definition) is 6. The first kappa shape index (κ1) is 18.6. The van der Waals surface area contributed by atoms with Gasteiger partial charge in [-0.1, -0.05) is 0 Å². The highest BCUT2D eigenvalue weighted by molar-refractivity contribution is 5.98. The van der Waals surface area contributed by atoms with E-state index in [4.69, 9.17) is 0 Å². The third-order valence-electron chi connectivity index (χ3n) is 3.58. The van der Waals surface area contributed by atoms with Crippen LogP contribution in [-0.2, 0) is 0 Å². The van der Waals surface area contributed by atoms with E-state index in [1.165, 1.54) is 12.4 Å². The van der Waals surface area contributed by atoms with Gasteiger partial charge in [-0.2, -0.15) is 10.2 Å². The van der Waals surface area contributed by atoms with E-state index in [0.29, 0.717) is 11.1 Å². The van der Waals surface area contributed by atoms with Gasteiger partial charge in [-0.05, 0) is 59.7 Å². The molecule has 0 aliphatic rings. The van der Waals surface area contributed by atoms with Crippen LogP contribution in [0.5, 0.6) is 0 Å². The molecule has 1 aromatic carbocycles. The highest BCUT2D eigenvalue weighted by atomic mass is 16.2. The van der Waals surface area contributed by atoms with Gasteiger partial charge in [0.15, 0.2) is 0 Å². The maximum Gasteiger partial charge on any atom is 0.271 e. The molecule has 0 aliphatic carbocycles. The molecule has 2 amide bonds.